The average molecular weight is 209 g/mol. The van der Waals surface area contributed by atoms with E-state index >= 15 is 0 Å². The van der Waals surface area contributed by atoms with Gasteiger partial charge in [0.1, 0.15) is 6.10 Å². The number of hydrogen-bond donors (Lipinski definition) is 0. The molecule has 1 aliphatic heterocycles. The van der Waals surface area contributed by atoms with Crippen LogP contribution < -0.4 is 0 Å². The van der Waals surface area contributed by atoms with Crippen LogP contribution in [0.25, 0.3) is 0 Å². The number of cyclic esters (lactones) is 1. The fourth-order valence-corrected chi connectivity index (χ4v) is 1.75. The topological polar surface area (TPSA) is 26.3 Å². The van der Waals surface area contributed by atoms with Crippen molar-refractivity contribution < 1.29 is 9.53 Å². The van der Waals surface area contributed by atoms with Gasteiger partial charge in [-0.3, -0.25) is 4.79 Å². The SMILES string of the molecule is C=C(C)CC(Cl)(Cl)[C@H]1CC(=O)O1. The van der Waals surface area contributed by atoms with Gasteiger partial charge in [-0.1, -0.05) is 28.8 Å². The quantitative estimate of drug-likeness (QED) is 0.405. The molecule has 4 heteroatoms. The Labute approximate surface area is 81.5 Å². The van der Waals surface area contributed by atoms with Crippen LogP contribution in [0.5, 0.6) is 0 Å². The van der Waals surface area contributed by atoms with Crippen molar-refractivity contribution in [2.45, 2.75) is 30.2 Å². The van der Waals surface area contributed by atoms with Crippen molar-refractivity contribution in [2.75, 3.05) is 0 Å². The fourth-order valence-electron chi connectivity index (χ4n) is 1.05. The number of allylic oxidation sites excluding steroid dienone is 1. The second-order valence-electron chi connectivity index (χ2n) is 3.08. The van der Waals surface area contributed by atoms with Crippen molar-refractivity contribution in [3.8, 4) is 0 Å². The second kappa shape index (κ2) is 3.27. The van der Waals surface area contributed by atoms with Crippen molar-refractivity contribution in [2.24, 2.45) is 0 Å². The van der Waals surface area contributed by atoms with Crippen LogP contribution in [0.3, 0.4) is 0 Å². The molecule has 0 bridgehead atoms. The molecule has 1 aliphatic rings. The molecule has 0 N–H and O–H groups in total. The van der Waals surface area contributed by atoms with Gasteiger partial charge in [-0.15, -0.1) is 6.58 Å². The number of alkyl halides is 2. The summed E-state index contributed by atoms with van der Waals surface area (Å²) in [6.07, 6.45) is 0.388. The van der Waals surface area contributed by atoms with E-state index in [0.29, 0.717) is 12.8 Å². The molecule has 1 saturated heterocycles. The molecule has 1 atom stereocenters. The van der Waals surface area contributed by atoms with E-state index < -0.39 is 4.33 Å². The molecule has 0 spiro atoms. The Hall–Kier alpha value is -0.210. The van der Waals surface area contributed by atoms with Crippen LogP contribution in [0.2, 0.25) is 0 Å². The third-order valence-electron chi connectivity index (χ3n) is 1.63. The highest BCUT2D eigenvalue weighted by atomic mass is 35.5. The van der Waals surface area contributed by atoms with Crippen molar-refractivity contribution in [3.05, 3.63) is 12.2 Å². The molecule has 0 radical (unpaired) electrons. The summed E-state index contributed by atoms with van der Waals surface area (Å²) in [7, 11) is 0. The molecule has 0 aliphatic carbocycles. The van der Waals surface area contributed by atoms with Crippen LogP contribution in [-0.2, 0) is 9.53 Å². The maximum absolute atomic E-state index is 10.5. The summed E-state index contributed by atoms with van der Waals surface area (Å²) >= 11 is 11.9. The minimum atomic E-state index is -1.00. The van der Waals surface area contributed by atoms with Gasteiger partial charge in [-0.05, 0) is 6.92 Å². The molecule has 0 aromatic carbocycles. The molecule has 0 unspecified atom stereocenters. The number of rotatable bonds is 3. The zero-order valence-corrected chi connectivity index (χ0v) is 8.28. The predicted octanol–water partition coefficient (Wildman–Crippen LogP) is 2.44. The first-order valence-electron chi connectivity index (χ1n) is 3.63. The molecular formula is C8H10Cl2O2. The van der Waals surface area contributed by atoms with E-state index in [0.717, 1.165) is 5.57 Å². The van der Waals surface area contributed by atoms with Crippen LogP contribution in [0, 0.1) is 0 Å². The van der Waals surface area contributed by atoms with E-state index in [4.69, 9.17) is 27.9 Å². The third kappa shape index (κ3) is 2.14. The molecule has 0 aromatic heterocycles. The molecule has 0 aromatic rings. The van der Waals surface area contributed by atoms with Crippen molar-refractivity contribution in [3.63, 3.8) is 0 Å². The van der Waals surface area contributed by atoms with Crippen molar-refractivity contribution in [1.82, 2.24) is 0 Å². The van der Waals surface area contributed by atoms with Crippen LogP contribution >= 0.6 is 23.2 Å². The normalized spacial score (nSPS) is 22.9. The molecule has 68 valence electrons. The third-order valence-corrected chi connectivity index (χ3v) is 2.39. The van der Waals surface area contributed by atoms with Crippen LogP contribution in [0.1, 0.15) is 19.8 Å². The molecule has 1 rings (SSSR count). The van der Waals surface area contributed by atoms with Crippen molar-refractivity contribution >= 4 is 29.2 Å². The summed E-state index contributed by atoms with van der Waals surface area (Å²) in [5.41, 5.74) is 0.878. The van der Waals surface area contributed by atoms with Gasteiger partial charge in [0.2, 0.25) is 0 Å². The largest absolute Gasteiger partial charge is 0.458 e. The maximum atomic E-state index is 10.5. The number of carbonyl (C=O) groups excluding carboxylic acids is 1. The summed E-state index contributed by atoms with van der Waals surface area (Å²) in [6, 6.07) is 0. The Kier molecular flexibility index (Phi) is 2.69. The van der Waals surface area contributed by atoms with E-state index in [1.807, 2.05) is 6.92 Å². The summed E-state index contributed by atoms with van der Waals surface area (Å²) in [5.74, 6) is -0.243. The van der Waals surface area contributed by atoms with E-state index in [1.54, 1.807) is 0 Å². The van der Waals surface area contributed by atoms with Gasteiger partial charge in [0.25, 0.3) is 0 Å². The maximum Gasteiger partial charge on any atom is 0.310 e. The minimum absolute atomic E-state index is 0.243. The summed E-state index contributed by atoms with van der Waals surface area (Å²) in [6.45, 7) is 5.52. The number of halogens is 2. The number of esters is 1. The highest BCUT2D eigenvalue weighted by Gasteiger charge is 2.45. The van der Waals surface area contributed by atoms with Gasteiger partial charge in [0, 0.05) is 6.42 Å². The smallest absolute Gasteiger partial charge is 0.310 e. The van der Waals surface area contributed by atoms with Gasteiger partial charge < -0.3 is 4.74 Å². The second-order valence-corrected chi connectivity index (χ2v) is 4.62. The molecule has 2 nitrogen and oxygen atoms in total. The number of ether oxygens (including phenoxy) is 1. The van der Waals surface area contributed by atoms with Crippen LogP contribution in [0.15, 0.2) is 12.2 Å². The van der Waals surface area contributed by atoms with E-state index in [9.17, 15) is 4.79 Å². The molecule has 1 fully saturated rings. The lowest BCUT2D eigenvalue weighted by molar-refractivity contribution is -0.170. The zero-order valence-electron chi connectivity index (χ0n) is 6.77. The van der Waals surface area contributed by atoms with Gasteiger partial charge in [-0.25, -0.2) is 0 Å². The lowest BCUT2D eigenvalue weighted by Gasteiger charge is -2.35. The Morgan fingerprint density at radius 2 is 2.33 bits per heavy atom. The standard InChI is InChI=1S/C8H10Cl2O2/c1-5(2)4-8(9,10)6-3-7(11)12-6/h6H,1,3-4H2,2H3/t6-/m1/s1. The van der Waals surface area contributed by atoms with E-state index in [-0.39, 0.29) is 12.1 Å². The van der Waals surface area contributed by atoms with Crippen LogP contribution in [-0.4, -0.2) is 16.4 Å². The first-order chi connectivity index (χ1) is 5.42. The Bertz CT molecular complexity index is 215. The number of hydrogen-bond acceptors (Lipinski definition) is 2. The average Bonchev–Trinajstić information content (AvgIpc) is 1.77. The van der Waals surface area contributed by atoms with Crippen LogP contribution in [0.4, 0.5) is 0 Å². The molecule has 1 heterocycles. The molecule has 12 heavy (non-hydrogen) atoms. The van der Waals surface area contributed by atoms with Gasteiger partial charge in [-0.2, -0.15) is 0 Å². The summed E-state index contributed by atoms with van der Waals surface area (Å²) < 4.78 is 3.76. The minimum Gasteiger partial charge on any atom is -0.458 e. The van der Waals surface area contributed by atoms with Gasteiger partial charge >= 0.3 is 5.97 Å². The lowest BCUT2D eigenvalue weighted by Crippen LogP contribution is -2.45. The molecular weight excluding hydrogens is 199 g/mol. The van der Waals surface area contributed by atoms with Gasteiger partial charge in [0.15, 0.2) is 4.33 Å². The fraction of sp³-hybridized carbons (Fsp3) is 0.625. The Morgan fingerprint density at radius 3 is 2.67 bits per heavy atom. The number of carbonyl (C=O) groups is 1. The summed E-state index contributed by atoms with van der Waals surface area (Å²) in [5, 5.41) is 0. The Balaban J connectivity index is 2.48. The summed E-state index contributed by atoms with van der Waals surface area (Å²) in [4.78, 5) is 10.5. The highest BCUT2D eigenvalue weighted by Crippen LogP contribution is 2.39. The van der Waals surface area contributed by atoms with Gasteiger partial charge in [0.05, 0.1) is 6.42 Å². The van der Waals surface area contributed by atoms with E-state index in [2.05, 4.69) is 6.58 Å². The first-order valence-corrected chi connectivity index (χ1v) is 4.39. The molecule has 0 amide bonds. The monoisotopic (exact) mass is 208 g/mol. The molecule has 0 saturated carbocycles. The highest BCUT2D eigenvalue weighted by molar-refractivity contribution is 6.49. The zero-order chi connectivity index (χ0) is 9.35. The Morgan fingerprint density at radius 1 is 1.83 bits per heavy atom. The predicted molar refractivity (Wildman–Crippen MR) is 48.4 cm³/mol. The van der Waals surface area contributed by atoms with E-state index in [1.165, 1.54) is 0 Å². The first kappa shape index (κ1) is 9.87. The van der Waals surface area contributed by atoms with Crippen molar-refractivity contribution in [1.29, 1.82) is 0 Å². The lowest BCUT2D eigenvalue weighted by atomic mass is 10.0.